The Labute approximate surface area is 104 Å². The number of ether oxygens (including phenoxy) is 1. The molecular weight excluding hydrogens is 228 g/mol. The van der Waals surface area contributed by atoms with E-state index in [2.05, 4.69) is 15.3 Å². The number of fused-ring (bicyclic) bond motifs is 1. The largest absolute Gasteiger partial charge is 0.495 e. The average Bonchev–Trinajstić information content (AvgIpc) is 2.80. The maximum absolute atomic E-state index is 5.17. The van der Waals surface area contributed by atoms with Crippen molar-refractivity contribution in [3.8, 4) is 16.9 Å². The molecule has 0 N–H and O–H groups in total. The Balaban J connectivity index is 2.13. The smallest absolute Gasteiger partial charge is 0.137 e. The van der Waals surface area contributed by atoms with Gasteiger partial charge in [-0.2, -0.15) is 0 Å². The van der Waals surface area contributed by atoms with Gasteiger partial charge in [-0.15, -0.1) is 5.10 Å². The lowest BCUT2D eigenvalue weighted by Gasteiger charge is -2.04. The van der Waals surface area contributed by atoms with Crippen molar-refractivity contribution in [3.63, 3.8) is 0 Å². The maximum atomic E-state index is 5.17. The van der Waals surface area contributed by atoms with Crippen LogP contribution in [0.2, 0.25) is 0 Å². The van der Waals surface area contributed by atoms with Gasteiger partial charge in [0.1, 0.15) is 11.3 Å². The van der Waals surface area contributed by atoms with Crippen molar-refractivity contribution in [3.05, 3.63) is 36.7 Å². The van der Waals surface area contributed by atoms with Crippen LogP contribution in [0.15, 0.2) is 36.7 Å². The second kappa shape index (κ2) is 4.10. The summed E-state index contributed by atoms with van der Waals surface area (Å²) < 4.78 is 6.93. The molecule has 5 heteroatoms. The Morgan fingerprint density at radius 1 is 1.11 bits per heavy atom. The molecule has 1 aromatic carbocycles. The van der Waals surface area contributed by atoms with E-state index in [1.807, 2.05) is 31.3 Å². The Bertz CT molecular complexity index is 705. The van der Waals surface area contributed by atoms with E-state index >= 15 is 0 Å². The lowest BCUT2D eigenvalue weighted by atomic mass is 10.1. The quantitative estimate of drug-likeness (QED) is 0.687. The van der Waals surface area contributed by atoms with Crippen molar-refractivity contribution in [1.82, 2.24) is 20.0 Å². The van der Waals surface area contributed by atoms with E-state index < -0.39 is 0 Å². The van der Waals surface area contributed by atoms with Crippen molar-refractivity contribution in [2.45, 2.75) is 0 Å². The lowest BCUT2D eigenvalue weighted by Crippen LogP contribution is -1.89. The molecule has 3 aromatic rings. The molecule has 0 aliphatic heterocycles. The number of hydrogen-bond acceptors (Lipinski definition) is 4. The highest BCUT2D eigenvalue weighted by Crippen LogP contribution is 2.25. The number of pyridine rings is 1. The maximum Gasteiger partial charge on any atom is 0.137 e. The summed E-state index contributed by atoms with van der Waals surface area (Å²) in [6.07, 6.45) is 3.49. The Morgan fingerprint density at radius 2 is 2.00 bits per heavy atom. The summed E-state index contributed by atoms with van der Waals surface area (Å²) in [6, 6.07) is 7.98. The number of hydrogen-bond donors (Lipinski definition) is 0. The first-order valence-electron chi connectivity index (χ1n) is 5.57. The van der Waals surface area contributed by atoms with Gasteiger partial charge < -0.3 is 4.74 Å². The van der Waals surface area contributed by atoms with Crippen LogP contribution in [0.1, 0.15) is 0 Å². The topological polar surface area (TPSA) is 52.8 Å². The van der Waals surface area contributed by atoms with Gasteiger partial charge in [0.05, 0.1) is 18.8 Å². The molecule has 0 spiro atoms. The van der Waals surface area contributed by atoms with E-state index in [9.17, 15) is 0 Å². The van der Waals surface area contributed by atoms with Crippen molar-refractivity contribution >= 4 is 11.0 Å². The first-order chi connectivity index (χ1) is 8.78. The van der Waals surface area contributed by atoms with Crippen molar-refractivity contribution < 1.29 is 4.74 Å². The summed E-state index contributed by atoms with van der Waals surface area (Å²) in [5, 5.41) is 8.10. The van der Waals surface area contributed by atoms with Gasteiger partial charge in [-0.25, -0.2) is 4.68 Å². The number of benzene rings is 1. The number of aryl methyl sites for hydroxylation is 1. The number of aromatic nitrogens is 4. The zero-order valence-electron chi connectivity index (χ0n) is 10.2. The third-order valence-electron chi connectivity index (χ3n) is 2.89. The predicted octanol–water partition coefficient (Wildman–Crippen LogP) is 2.04. The average molecular weight is 240 g/mol. The molecule has 2 heterocycles. The minimum Gasteiger partial charge on any atom is -0.495 e. The number of nitrogens with zero attached hydrogens (tertiary/aromatic N) is 4. The highest BCUT2D eigenvalue weighted by molar-refractivity contribution is 5.81. The molecule has 3 rings (SSSR count). The fourth-order valence-electron chi connectivity index (χ4n) is 1.91. The van der Waals surface area contributed by atoms with Gasteiger partial charge in [0, 0.05) is 18.8 Å². The molecule has 0 saturated carbocycles. The standard InChI is InChI=1S/C13H12N4O/c1-17-13-4-3-9(6-12(13)15-16-17)10-5-11(18-2)8-14-7-10/h3-8H,1-2H3. The van der Waals surface area contributed by atoms with Gasteiger partial charge in [-0.05, 0) is 23.8 Å². The molecule has 0 unspecified atom stereocenters. The third kappa shape index (κ3) is 1.69. The fourth-order valence-corrected chi connectivity index (χ4v) is 1.91. The molecule has 0 saturated heterocycles. The zero-order valence-corrected chi connectivity index (χ0v) is 10.2. The Hall–Kier alpha value is -2.43. The van der Waals surface area contributed by atoms with Gasteiger partial charge >= 0.3 is 0 Å². The van der Waals surface area contributed by atoms with Crippen LogP contribution in [0, 0.1) is 0 Å². The van der Waals surface area contributed by atoms with E-state index in [1.165, 1.54) is 0 Å². The molecule has 0 atom stereocenters. The molecule has 5 nitrogen and oxygen atoms in total. The first-order valence-corrected chi connectivity index (χ1v) is 5.57. The summed E-state index contributed by atoms with van der Waals surface area (Å²) in [4.78, 5) is 4.15. The molecule has 0 aliphatic carbocycles. The molecule has 18 heavy (non-hydrogen) atoms. The SMILES string of the molecule is COc1cncc(-c2ccc3c(c2)nnn3C)c1. The van der Waals surface area contributed by atoms with Crippen LogP contribution in [0.3, 0.4) is 0 Å². The second-order valence-electron chi connectivity index (χ2n) is 4.03. The molecule has 0 radical (unpaired) electrons. The summed E-state index contributed by atoms with van der Waals surface area (Å²) in [5.41, 5.74) is 3.93. The van der Waals surface area contributed by atoms with E-state index in [0.29, 0.717) is 0 Å². The molecule has 0 aliphatic rings. The monoisotopic (exact) mass is 240 g/mol. The minimum absolute atomic E-state index is 0.742. The summed E-state index contributed by atoms with van der Waals surface area (Å²) in [5.74, 6) is 0.742. The van der Waals surface area contributed by atoms with Crippen LogP contribution in [0.25, 0.3) is 22.2 Å². The highest BCUT2D eigenvalue weighted by Gasteiger charge is 2.05. The van der Waals surface area contributed by atoms with Crippen molar-refractivity contribution in [1.29, 1.82) is 0 Å². The highest BCUT2D eigenvalue weighted by atomic mass is 16.5. The van der Waals surface area contributed by atoms with E-state index in [-0.39, 0.29) is 0 Å². The van der Waals surface area contributed by atoms with Crippen molar-refractivity contribution in [2.24, 2.45) is 7.05 Å². The van der Waals surface area contributed by atoms with Gasteiger partial charge in [0.2, 0.25) is 0 Å². The minimum atomic E-state index is 0.742. The van der Waals surface area contributed by atoms with E-state index in [4.69, 9.17) is 4.74 Å². The molecule has 2 aromatic heterocycles. The van der Waals surface area contributed by atoms with Crippen LogP contribution < -0.4 is 4.74 Å². The number of rotatable bonds is 2. The second-order valence-corrected chi connectivity index (χ2v) is 4.03. The van der Waals surface area contributed by atoms with Gasteiger partial charge in [0.15, 0.2) is 0 Å². The third-order valence-corrected chi connectivity index (χ3v) is 2.89. The summed E-state index contributed by atoms with van der Waals surface area (Å²) in [6.45, 7) is 0. The Kier molecular flexibility index (Phi) is 2.44. The van der Waals surface area contributed by atoms with E-state index in [0.717, 1.165) is 27.9 Å². The lowest BCUT2D eigenvalue weighted by molar-refractivity contribution is 0.413. The molecule has 0 fully saturated rings. The van der Waals surface area contributed by atoms with E-state index in [1.54, 1.807) is 24.2 Å². The molecule has 0 amide bonds. The summed E-state index contributed by atoms with van der Waals surface area (Å²) >= 11 is 0. The van der Waals surface area contributed by atoms with Crippen LogP contribution in [-0.2, 0) is 7.05 Å². The van der Waals surface area contributed by atoms with Crippen LogP contribution in [0.5, 0.6) is 5.75 Å². The molecular formula is C13H12N4O. The normalized spacial score (nSPS) is 10.8. The van der Waals surface area contributed by atoms with Gasteiger partial charge in [0.25, 0.3) is 0 Å². The van der Waals surface area contributed by atoms with Gasteiger partial charge in [-0.3, -0.25) is 4.98 Å². The first kappa shape index (κ1) is 10.7. The zero-order chi connectivity index (χ0) is 12.5. The van der Waals surface area contributed by atoms with Crippen LogP contribution in [-0.4, -0.2) is 27.1 Å². The fraction of sp³-hybridized carbons (Fsp3) is 0.154. The molecule has 0 bridgehead atoms. The number of methoxy groups -OCH3 is 1. The Morgan fingerprint density at radius 3 is 2.83 bits per heavy atom. The molecule has 90 valence electrons. The van der Waals surface area contributed by atoms with Crippen LogP contribution >= 0.6 is 0 Å². The predicted molar refractivity (Wildman–Crippen MR) is 68.3 cm³/mol. The van der Waals surface area contributed by atoms with Gasteiger partial charge in [-0.1, -0.05) is 11.3 Å². The van der Waals surface area contributed by atoms with Crippen LogP contribution in [0.4, 0.5) is 0 Å². The van der Waals surface area contributed by atoms with Crippen molar-refractivity contribution in [2.75, 3.05) is 7.11 Å². The summed E-state index contributed by atoms with van der Waals surface area (Å²) in [7, 11) is 3.51.